The summed E-state index contributed by atoms with van der Waals surface area (Å²) < 4.78 is 13.9. The molecule has 2 heterocycles. The van der Waals surface area contributed by atoms with E-state index in [9.17, 15) is 18.8 Å². The molecule has 6 nitrogen and oxygen atoms in total. The third-order valence-corrected chi connectivity index (χ3v) is 5.20. The Kier molecular flexibility index (Phi) is 4.54. The monoisotopic (exact) mass is 362 g/mol. The van der Waals surface area contributed by atoms with Crippen LogP contribution in [0.15, 0.2) is 36.4 Å². The summed E-state index contributed by atoms with van der Waals surface area (Å²) in [6.07, 6.45) is 0.382. The van der Waals surface area contributed by atoms with Crippen molar-refractivity contribution in [3.63, 3.8) is 0 Å². The van der Waals surface area contributed by atoms with E-state index in [2.05, 4.69) is 0 Å². The fraction of sp³-hybridized carbons (Fsp3) is 0.235. The largest absolute Gasteiger partial charge is 0.477 e. The lowest BCUT2D eigenvalue weighted by atomic mass is 10.2. The number of anilines is 1. The number of aromatic carboxylic acids is 1. The average molecular weight is 362 g/mol. The zero-order valence-corrected chi connectivity index (χ0v) is 14.1. The summed E-state index contributed by atoms with van der Waals surface area (Å²) in [5.41, 5.74) is 0.195. The maximum absolute atomic E-state index is 13.9. The molecule has 1 aliphatic rings. The Bertz CT molecular complexity index is 851. The van der Waals surface area contributed by atoms with Crippen LogP contribution in [0.25, 0.3) is 0 Å². The fourth-order valence-corrected chi connectivity index (χ4v) is 3.64. The summed E-state index contributed by atoms with van der Waals surface area (Å²) in [4.78, 5) is 39.0. The molecular weight excluding hydrogens is 347 g/mol. The number of benzene rings is 1. The third-order valence-electron chi connectivity index (χ3n) is 4.14. The number of amides is 2. The van der Waals surface area contributed by atoms with Gasteiger partial charge >= 0.3 is 5.97 Å². The van der Waals surface area contributed by atoms with Gasteiger partial charge < -0.3 is 14.9 Å². The number of carbonyl (C=O) groups is 3. The molecule has 1 aromatic carbocycles. The highest BCUT2D eigenvalue weighted by Crippen LogP contribution is 2.27. The maximum atomic E-state index is 13.9. The minimum Gasteiger partial charge on any atom is -0.477 e. The molecular formula is C17H15FN2O4S. The zero-order chi connectivity index (χ0) is 18.1. The number of carboxylic acids is 1. The fourth-order valence-electron chi connectivity index (χ4n) is 2.82. The lowest BCUT2D eigenvalue weighted by Crippen LogP contribution is -2.42. The van der Waals surface area contributed by atoms with Crippen LogP contribution in [0.1, 0.15) is 25.8 Å². The molecule has 0 unspecified atom stereocenters. The smallest absolute Gasteiger partial charge is 0.345 e. The van der Waals surface area contributed by atoms with E-state index < -0.39 is 23.7 Å². The van der Waals surface area contributed by atoms with Crippen LogP contribution in [0.3, 0.4) is 0 Å². The number of rotatable bonds is 4. The predicted molar refractivity (Wildman–Crippen MR) is 90.5 cm³/mol. The van der Waals surface area contributed by atoms with Gasteiger partial charge in [0.1, 0.15) is 16.7 Å². The van der Waals surface area contributed by atoms with Gasteiger partial charge in [-0.05, 0) is 30.7 Å². The first-order chi connectivity index (χ1) is 11.9. The molecule has 1 atom stereocenters. The van der Waals surface area contributed by atoms with Crippen molar-refractivity contribution in [3.05, 3.63) is 52.0 Å². The normalized spacial score (nSPS) is 17.0. The van der Waals surface area contributed by atoms with Crippen LogP contribution in [-0.4, -0.2) is 47.4 Å². The Balaban J connectivity index is 1.78. The summed E-state index contributed by atoms with van der Waals surface area (Å²) in [5.74, 6) is -2.37. The summed E-state index contributed by atoms with van der Waals surface area (Å²) in [5, 5.41) is 8.95. The predicted octanol–water partition coefficient (Wildman–Crippen LogP) is 2.46. The molecule has 0 bridgehead atoms. The van der Waals surface area contributed by atoms with Gasteiger partial charge in [0.15, 0.2) is 0 Å². The Morgan fingerprint density at radius 3 is 2.56 bits per heavy atom. The molecule has 1 N–H and O–H groups in total. The van der Waals surface area contributed by atoms with Crippen molar-refractivity contribution in [2.75, 3.05) is 18.5 Å². The van der Waals surface area contributed by atoms with Gasteiger partial charge in [-0.3, -0.25) is 9.59 Å². The highest BCUT2D eigenvalue weighted by Gasteiger charge is 2.38. The van der Waals surface area contributed by atoms with Crippen LogP contribution < -0.4 is 4.90 Å². The van der Waals surface area contributed by atoms with Gasteiger partial charge in [0.05, 0.1) is 10.6 Å². The van der Waals surface area contributed by atoms with Crippen molar-refractivity contribution in [2.24, 2.45) is 0 Å². The first-order valence-electron chi connectivity index (χ1n) is 7.56. The molecule has 25 heavy (non-hydrogen) atoms. The van der Waals surface area contributed by atoms with Crippen molar-refractivity contribution >= 4 is 34.8 Å². The Morgan fingerprint density at radius 2 is 1.92 bits per heavy atom. The van der Waals surface area contributed by atoms with Crippen LogP contribution in [0.2, 0.25) is 0 Å². The second-order valence-corrected chi connectivity index (χ2v) is 6.71. The van der Waals surface area contributed by atoms with Gasteiger partial charge in [-0.25, -0.2) is 9.18 Å². The van der Waals surface area contributed by atoms with E-state index in [0.717, 1.165) is 11.3 Å². The molecule has 130 valence electrons. The van der Waals surface area contributed by atoms with E-state index in [4.69, 9.17) is 5.11 Å². The van der Waals surface area contributed by atoms with E-state index in [-0.39, 0.29) is 21.3 Å². The molecule has 1 fully saturated rings. The lowest BCUT2D eigenvalue weighted by molar-refractivity contribution is -0.120. The molecule has 0 saturated carbocycles. The molecule has 0 spiro atoms. The molecule has 1 aliphatic heterocycles. The van der Waals surface area contributed by atoms with Crippen molar-refractivity contribution in [1.82, 2.24) is 4.90 Å². The van der Waals surface area contributed by atoms with Gasteiger partial charge in [-0.2, -0.15) is 0 Å². The number of hydrogen-bond donors (Lipinski definition) is 1. The SMILES string of the molecule is CN(C(=O)c1ccc(C(=O)O)s1)[C@H]1CCN(c2ccccc2F)C1=O. The van der Waals surface area contributed by atoms with Crippen LogP contribution in [-0.2, 0) is 4.79 Å². The molecule has 3 rings (SSSR count). The first-order valence-corrected chi connectivity index (χ1v) is 8.38. The highest BCUT2D eigenvalue weighted by molar-refractivity contribution is 7.15. The number of hydrogen-bond acceptors (Lipinski definition) is 4. The number of carbonyl (C=O) groups excluding carboxylic acids is 2. The molecule has 2 amide bonds. The number of likely N-dealkylation sites (N-methyl/N-ethyl adjacent to an activating group) is 1. The van der Waals surface area contributed by atoms with Gasteiger partial charge in [-0.1, -0.05) is 12.1 Å². The topological polar surface area (TPSA) is 77.9 Å². The van der Waals surface area contributed by atoms with Crippen LogP contribution in [0, 0.1) is 5.82 Å². The summed E-state index contributed by atoms with van der Waals surface area (Å²) >= 11 is 0.861. The number of para-hydroxylation sites is 1. The first kappa shape index (κ1) is 17.1. The van der Waals surface area contributed by atoms with Crippen molar-refractivity contribution in [2.45, 2.75) is 12.5 Å². The third kappa shape index (κ3) is 3.12. The Morgan fingerprint density at radius 1 is 1.24 bits per heavy atom. The minimum atomic E-state index is -1.10. The molecule has 1 aromatic heterocycles. The highest BCUT2D eigenvalue weighted by atomic mass is 32.1. The van der Waals surface area contributed by atoms with Crippen LogP contribution in [0.4, 0.5) is 10.1 Å². The van der Waals surface area contributed by atoms with Crippen molar-refractivity contribution in [3.8, 4) is 0 Å². The quantitative estimate of drug-likeness (QED) is 0.906. The standard InChI is InChI=1S/C17H15FN2O4S/c1-19(16(22)13-6-7-14(25-13)17(23)24)12-8-9-20(15(12)21)11-5-3-2-4-10(11)18/h2-7,12H,8-9H2,1H3,(H,23,24)/t12-/m0/s1. The van der Waals surface area contributed by atoms with Crippen LogP contribution >= 0.6 is 11.3 Å². The summed E-state index contributed by atoms with van der Waals surface area (Å²) in [6, 6.07) is 8.08. The van der Waals surface area contributed by atoms with E-state index >= 15 is 0 Å². The van der Waals surface area contributed by atoms with E-state index in [0.29, 0.717) is 13.0 Å². The molecule has 0 radical (unpaired) electrons. The number of nitrogens with zero attached hydrogens (tertiary/aromatic N) is 2. The molecule has 0 aliphatic carbocycles. The second kappa shape index (κ2) is 6.64. The summed E-state index contributed by atoms with van der Waals surface area (Å²) in [6.45, 7) is 0.312. The number of carboxylic acid groups (broad SMARTS) is 1. The minimum absolute atomic E-state index is 0.0579. The average Bonchev–Trinajstić information content (AvgIpc) is 3.21. The van der Waals surface area contributed by atoms with Gasteiger partial charge in [-0.15, -0.1) is 11.3 Å². The van der Waals surface area contributed by atoms with Gasteiger partial charge in [0.2, 0.25) is 5.91 Å². The maximum Gasteiger partial charge on any atom is 0.345 e. The van der Waals surface area contributed by atoms with Crippen molar-refractivity contribution < 1.29 is 23.9 Å². The lowest BCUT2D eigenvalue weighted by Gasteiger charge is -2.23. The Labute approximate surface area is 147 Å². The molecule has 2 aromatic rings. The summed E-state index contributed by atoms with van der Waals surface area (Å²) in [7, 11) is 1.50. The van der Waals surface area contributed by atoms with E-state index in [1.165, 1.54) is 41.1 Å². The van der Waals surface area contributed by atoms with E-state index in [1.807, 2.05) is 0 Å². The van der Waals surface area contributed by atoms with E-state index in [1.54, 1.807) is 12.1 Å². The van der Waals surface area contributed by atoms with Gasteiger partial charge in [0, 0.05) is 13.6 Å². The van der Waals surface area contributed by atoms with Crippen LogP contribution in [0.5, 0.6) is 0 Å². The van der Waals surface area contributed by atoms with Gasteiger partial charge in [0.25, 0.3) is 5.91 Å². The molecule has 8 heteroatoms. The Hall–Kier alpha value is -2.74. The number of thiophene rings is 1. The number of halogens is 1. The van der Waals surface area contributed by atoms with Crippen molar-refractivity contribution in [1.29, 1.82) is 0 Å². The zero-order valence-electron chi connectivity index (χ0n) is 13.3. The second-order valence-electron chi connectivity index (χ2n) is 5.63. The molecule has 1 saturated heterocycles.